The van der Waals surface area contributed by atoms with Crippen LogP contribution in [0.3, 0.4) is 0 Å². The van der Waals surface area contributed by atoms with E-state index in [4.69, 9.17) is 0 Å². The fourth-order valence-electron chi connectivity index (χ4n) is 1.99. The van der Waals surface area contributed by atoms with Crippen LogP contribution >= 0.6 is 0 Å². The number of benzene rings is 2. The molecule has 7 nitrogen and oxygen atoms in total. The summed E-state index contributed by atoms with van der Waals surface area (Å²) in [6, 6.07) is 12.9. The Kier molecular flexibility index (Phi) is 3.45. The number of nitro benzene ring substituents is 1. The molecule has 0 N–H and O–H groups in total. The highest BCUT2D eigenvalue weighted by Gasteiger charge is 2.05. The smallest absolute Gasteiger partial charge is 0.267 e. The first kappa shape index (κ1) is 13.6. The molecule has 0 atom stereocenters. The summed E-state index contributed by atoms with van der Waals surface area (Å²) in [6.45, 7) is 0. The van der Waals surface area contributed by atoms with Crippen LogP contribution < -0.4 is 5.56 Å². The maximum Gasteiger partial charge on any atom is 0.281 e. The van der Waals surface area contributed by atoms with Gasteiger partial charge in [0.15, 0.2) is 0 Å². The lowest BCUT2D eigenvalue weighted by molar-refractivity contribution is -0.384. The minimum absolute atomic E-state index is 0.0343. The number of nitrogens with zero attached hydrogens (tertiary/aromatic N) is 4. The Balaban J connectivity index is 1.99. The molecule has 0 radical (unpaired) electrons. The third kappa shape index (κ3) is 2.59. The molecule has 3 aromatic rings. The van der Waals surface area contributed by atoms with E-state index in [2.05, 4.69) is 10.1 Å². The van der Waals surface area contributed by atoms with Gasteiger partial charge in [-0.05, 0) is 12.1 Å². The quantitative estimate of drug-likeness (QED) is 0.420. The van der Waals surface area contributed by atoms with Gasteiger partial charge in [-0.3, -0.25) is 14.9 Å². The molecule has 0 aliphatic heterocycles. The molecule has 0 spiro atoms. The Labute approximate surface area is 124 Å². The number of nitro groups is 1. The van der Waals surface area contributed by atoms with Crippen LogP contribution in [-0.4, -0.2) is 20.8 Å². The number of para-hydroxylation sites is 1. The van der Waals surface area contributed by atoms with Gasteiger partial charge in [0.05, 0.1) is 22.0 Å². The van der Waals surface area contributed by atoms with Crippen LogP contribution in [-0.2, 0) is 0 Å². The van der Waals surface area contributed by atoms with Crippen LogP contribution in [0.5, 0.6) is 0 Å². The van der Waals surface area contributed by atoms with Crippen LogP contribution in [0.15, 0.2) is 64.8 Å². The van der Waals surface area contributed by atoms with E-state index in [0.717, 1.165) is 4.68 Å². The van der Waals surface area contributed by atoms with Gasteiger partial charge in [-0.15, -0.1) is 0 Å². The van der Waals surface area contributed by atoms with Gasteiger partial charge < -0.3 is 0 Å². The SMILES string of the molecule is O=c1c2ccccc2ncn1/N=C/c1cccc([N+](=O)[O-])c1. The molecule has 3 rings (SSSR count). The van der Waals surface area contributed by atoms with Crippen molar-refractivity contribution in [2.24, 2.45) is 5.10 Å². The van der Waals surface area contributed by atoms with Crippen molar-refractivity contribution in [3.05, 3.63) is 80.9 Å². The van der Waals surface area contributed by atoms with Crippen LogP contribution in [0.4, 0.5) is 5.69 Å². The maximum atomic E-state index is 12.2. The molecule has 2 aromatic carbocycles. The van der Waals surface area contributed by atoms with Crippen molar-refractivity contribution in [1.29, 1.82) is 0 Å². The lowest BCUT2D eigenvalue weighted by Gasteiger charge is -2.00. The second-order valence-corrected chi connectivity index (χ2v) is 4.51. The highest BCUT2D eigenvalue weighted by atomic mass is 16.6. The van der Waals surface area contributed by atoms with E-state index in [1.54, 1.807) is 36.4 Å². The molecule has 0 saturated heterocycles. The second-order valence-electron chi connectivity index (χ2n) is 4.51. The summed E-state index contributed by atoms with van der Waals surface area (Å²) < 4.78 is 1.10. The van der Waals surface area contributed by atoms with E-state index in [0.29, 0.717) is 16.5 Å². The number of hydrogen-bond donors (Lipinski definition) is 0. The molecular formula is C15H10N4O3. The molecule has 108 valence electrons. The predicted octanol–water partition coefficient (Wildman–Crippen LogP) is 2.19. The summed E-state index contributed by atoms with van der Waals surface area (Å²) in [5, 5.41) is 15.2. The molecular weight excluding hydrogens is 284 g/mol. The molecule has 0 unspecified atom stereocenters. The van der Waals surface area contributed by atoms with Crippen LogP contribution in [0.2, 0.25) is 0 Å². The zero-order valence-corrected chi connectivity index (χ0v) is 11.3. The molecule has 0 fully saturated rings. The lowest BCUT2D eigenvalue weighted by Crippen LogP contribution is -2.16. The minimum atomic E-state index is -0.485. The van der Waals surface area contributed by atoms with Crippen molar-refractivity contribution >= 4 is 22.8 Å². The van der Waals surface area contributed by atoms with E-state index in [-0.39, 0.29) is 11.2 Å². The molecule has 0 aliphatic rings. The van der Waals surface area contributed by atoms with E-state index in [1.165, 1.54) is 24.7 Å². The average molecular weight is 294 g/mol. The molecule has 1 heterocycles. The van der Waals surface area contributed by atoms with E-state index >= 15 is 0 Å². The third-order valence-corrected chi connectivity index (χ3v) is 3.06. The fourth-order valence-corrected chi connectivity index (χ4v) is 1.99. The summed E-state index contributed by atoms with van der Waals surface area (Å²) in [7, 11) is 0. The van der Waals surface area contributed by atoms with Crippen molar-refractivity contribution < 1.29 is 4.92 Å². The number of rotatable bonds is 3. The van der Waals surface area contributed by atoms with E-state index in [9.17, 15) is 14.9 Å². The Morgan fingerprint density at radius 3 is 2.82 bits per heavy atom. The summed E-state index contributed by atoms with van der Waals surface area (Å²) in [4.78, 5) is 26.6. The maximum absolute atomic E-state index is 12.2. The van der Waals surface area contributed by atoms with Gasteiger partial charge in [0.1, 0.15) is 6.33 Å². The normalized spacial score (nSPS) is 11.1. The number of aromatic nitrogens is 2. The number of fused-ring (bicyclic) bond motifs is 1. The van der Waals surface area contributed by atoms with E-state index in [1.807, 2.05) is 0 Å². The van der Waals surface area contributed by atoms with Gasteiger partial charge in [0.2, 0.25) is 0 Å². The Morgan fingerprint density at radius 1 is 1.18 bits per heavy atom. The predicted molar refractivity (Wildman–Crippen MR) is 82.1 cm³/mol. The van der Waals surface area contributed by atoms with Gasteiger partial charge >= 0.3 is 0 Å². The standard InChI is InChI=1S/C15H10N4O3/c20-15-13-6-1-2-7-14(13)16-10-18(15)17-9-11-4-3-5-12(8-11)19(21)22/h1-10H/b17-9+. The van der Waals surface area contributed by atoms with E-state index < -0.39 is 4.92 Å². The Bertz CT molecular complexity index is 947. The van der Waals surface area contributed by atoms with Gasteiger partial charge in [-0.2, -0.15) is 9.78 Å². The fraction of sp³-hybridized carbons (Fsp3) is 0. The molecule has 0 amide bonds. The highest BCUT2D eigenvalue weighted by molar-refractivity contribution is 5.81. The monoisotopic (exact) mass is 294 g/mol. The summed E-state index contributed by atoms with van der Waals surface area (Å²) in [6.07, 6.45) is 2.70. The molecule has 0 aliphatic carbocycles. The zero-order chi connectivity index (χ0) is 15.5. The van der Waals surface area contributed by atoms with Crippen LogP contribution in [0.25, 0.3) is 10.9 Å². The summed E-state index contributed by atoms with van der Waals surface area (Å²) >= 11 is 0. The van der Waals surface area contributed by atoms with Gasteiger partial charge in [0.25, 0.3) is 11.2 Å². The molecule has 22 heavy (non-hydrogen) atoms. The van der Waals surface area contributed by atoms with Gasteiger partial charge in [0, 0.05) is 17.7 Å². The summed E-state index contributed by atoms with van der Waals surface area (Å²) in [5.74, 6) is 0. The number of hydrogen-bond acceptors (Lipinski definition) is 5. The van der Waals surface area contributed by atoms with Gasteiger partial charge in [-0.25, -0.2) is 4.98 Å². The summed E-state index contributed by atoms with van der Waals surface area (Å²) in [5.41, 5.74) is 0.781. The van der Waals surface area contributed by atoms with Gasteiger partial charge in [-0.1, -0.05) is 24.3 Å². The minimum Gasteiger partial charge on any atom is -0.267 e. The van der Waals surface area contributed by atoms with Crippen LogP contribution in [0, 0.1) is 10.1 Å². The van der Waals surface area contributed by atoms with Crippen molar-refractivity contribution in [3.8, 4) is 0 Å². The first-order chi connectivity index (χ1) is 10.6. The largest absolute Gasteiger partial charge is 0.281 e. The molecule has 7 heteroatoms. The lowest BCUT2D eigenvalue weighted by atomic mass is 10.2. The number of non-ortho nitro benzene ring substituents is 1. The first-order valence-electron chi connectivity index (χ1n) is 6.40. The third-order valence-electron chi connectivity index (χ3n) is 3.06. The van der Waals surface area contributed by atoms with Crippen molar-refractivity contribution in [3.63, 3.8) is 0 Å². The molecule has 0 bridgehead atoms. The Morgan fingerprint density at radius 2 is 2.00 bits per heavy atom. The zero-order valence-electron chi connectivity index (χ0n) is 11.3. The van der Waals surface area contributed by atoms with Crippen molar-refractivity contribution in [1.82, 2.24) is 9.66 Å². The first-order valence-corrected chi connectivity index (χ1v) is 6.40. The Hall–Kier alpha value is -3.35. The molecule has 0 saturated carbocycles. The van der Waals surface area contributed by atoms with Crippen molar-refractivity contribution in [2.45, 2.75) is 0 Å². The van der Waals surface area contributed by atoms with Crippen molar-refractivity contribution in [2.75, 3.05) is 0 Å². The molecule has 1 aromatic heterocycles. The topological polar surface area (TPSA) is 90.4 Å². The highest BCUT2D eigenvalue weighted by Crippen LogP contribution is 2.11. The van der Waals surface area contributed by atoms with Crippen LogP contribution in [0.1, 0.15) is 5.56 Å². The second kappa shape index (κ2) is 5.57. The average Bonchev–Trinajstić information content (AvgIpc) is 2.55.